The van der Waals surface area contributed by atoms with Crippen LogP contribution in [0.2, 0.25) is 0 Å². The average Bonchev–Trinajstić information content (AvgIpc) is 2.96. The van der Waals surface area contributed by atoms with Crippen molar-refractivity contribution in [2.45, 2.75) is 18.9 Å². The Bertz CT molecular complexity index is 673. The molecule has 0 radical (unpaired) electrons. The molecule has 2 aromatic heterocycles. The van der Waals surface area contributed by atoms with Crippen molar-refractivity contribution >= 4 is 17.2 Å². The van der Waals surface area contributed by atoms with Gasteiger partial charge in [0.25, 0.3) is 0 Å². The smallest absolute Gasteiger partial charge is 0.226 e. The molecule has 23 heavy (non-hydrogen) atoms. The minimum atomic E-state index is 0.183. The maximum atomic E-state index is 12.7. The lowest BCUT2D eigenvalue weighted by atomic mass is 10.1. The number of hydrogen-bond donors (Lipinski definition) is 0. The predicted molar refractivity (Wildman–Crippen MR) is 90.2 cm³/mol. The Morgan fingerprint density at radius 2 is 2.17 bits per heavy atom. The van der Waals surface area contributed by atoms with Gasteiger partial charge in [0.2, 0.25) is 5.91 Å². The Hall–Kier alpha value is -1.66. The van der Waals surface area contributed by atoms with Crippen LogP contribution in [0.5, 0.6) is 0 Å². The Kier molecular flexibility index (Phi) is 3.95. The van der Waals surface area contributed by atoms with E-state index in [0.29, 0.717) is 11.8 Å². The van der Waals surface area contributed by atoms with Crippen molar-refractivity contribution in [3.63, 3.8) is 0 Å². The van der Waals surface area contributed by atoms with Gasteiger partial charge in [0.05, 0.1) is 6.20 Å². The molecule has 1 aliphatic carbocycles. The van der Waals surface area contributed by atoms with Crippen LogP contribution in [-0.4, -0.2) is 51.7 Å². The number of carbonyl (C=O) groups excluding carboxylic acids is 1. The molecule has 1 saturated carbocycles. The zero-order chi connectivity index (χ0) is 15.8. The molecule has 0 unspecified atom stereocenters. The summed E-state index contributed by atoms with van der Waals surface area (Å²) in [6.45, 7) is 4.70. The molecule has 0 spiro atoms. The lowest BCUT2D eigenvalue weighted by Gasteiger charge is -2.34. The van der Waals surface area contributed by atoms with Crippen molar-refractivity contribution < 1.29 is 4.79 Å². The minimum absolute atomic E-state index is 0.183. The number of carbonyl (C=O) groups is 1. The number of hydrogen-bond acceptors (Lipinski definition) is 4. The molecule has 2 fully saturated rings. The van der Waals surface area contributed by atoms with Gasteiger partial charge in [-0.25, -0.2) is 0 Å². The van der Waals surface area contributed by atoms with Crippen LogP contribution in [-0.2, 0) is 18.4 Å². The number of thiophene rings is 1. The van der Waals surface area contributed by atoms with E-state index in [9.17, 15) is 4.79 Å². The summed E-state index contributed by atoms with van der Waals surface area (Å²) in [5.41, 5.74) is 1.21. The van der Waals surface area contributed by atoms with Crippen LogP contribution >= 0.6 is 11.3 Å². The predicted octanol–water partition coefficient (Wildman–Crippen LogP) is 1.93. The summed E-state index contributed by atoms with van der Waals surface area (Å²) in [6.07, 6.45) is 4.92. The first-order chi connectivity index (χ1) is 11.2. The summed E-state index contributed by atoms with van der Waals surface area (Å²) < 4.78 is 1.82. The number of nitrogens with zero attached hydrogens (tertiary/aromatic N) is 4. The van der Waals surface area contributed by atoms with Gasteiger partial charge in [0.1, 0.15) is 0 Å². The maximum Gasteiger partial charge on any atom is 0.226 e. The van der Waals surface area contributed by atoms with Crippen LogP contribution in [0.15, 0.2) is 29.9 Å². The summed E-state index contributed by atoms with van der Waals surface area (Å²) in [4.78, 5) is 18.6. The zero-order valence-electron chi connectivity index (χ0n) is 13.4. The second-order valence-corrected chi connectivity index (χ2v) is 7.61. The topological polar surface area (TPSA) is 41.4 Å². The number of piperazine rings is 1. The molecular weight excluding hydrogens is 308 g/mol. The Labute approximate surface area is 140 Å². The molecule has 4 rings (SSSR count). The average molecular weight is 330 g/mol. The second-order valence-electron chi connectivity index (χ2n) is 6.58. The zero-order valence-corrected chi connectivity index (χ0v) is 14.2. The molecule has 2 aliphatic rings. The molecule has 2 aromatic rings. The standard InChI is InChI=1S/C17H22N4OS/c1-19-11-13(10-18-19)15-9-16(15)17(22)21-6-4-20(5-7-21)12-14-3-2-8-23-14/h2-3,8,10-11,15-16H,4-7,9,12H2,1H3/t15-,16+/m0/s1. The first kappa shape index (κ1) is 14.9. The Morgan fingerprint density at radius 3 is 2.83 bits per heavy atom. The first-order valence-electron chi connectivity index (χ1n) is 8.23. The summed E-state index contributed by atoms with van der Waals surface area (Å²) in [7, 11) is 1.93. The molecule has 2 atom stereocenters. The van der Waals surface area contributed by atoms with E-state index in [2.05, 4.69) is 32.4 Å². The van der Waals surface area contributed by atoms with E-state index in [-0.39, 0.29) is 5.92 Å². The minimum Gasteiger partial charge on any atom is -0.340 e. The molecule has 3 heterocycles. The molecule has 6 heteroatoms. The monoisotopic (exact) mass is 330 g/mol. The highest BCUT2D eigenvalue weighted by Crippen LogP contribution is 2.48. The van der Waals surface area contributed by atoms with Crippen molar-refractivity contribution in [1.29, 1.82) is 0 Å². The van der Waals surface area contributed by atoms with Crippen LogP contribution in [0, 0.1) is 5.92 Å². The number of amides is 1. The molecule has 122 valence electrons. The van der Waals surface area contributed by atoms with Crippen LogP contribution < -0.4 is 0 Å². The van der Waals surface area contributed by atoms with Gasteiger partial charge in [-0.3, -0.25) is 14.4 Å². The highest BCUT2D eigenvalue weighted by atomic mass is 32.1. The van der Waals surface area contributed by atoms with E-state index in [1.807, 2.05) is 35.5 Å². The van der Waals surface area contributed by atoms with E-state index in [1.165, 1.54) is 10.4 Å². The van der Waals surface area contributed by atoms with Gasteiger partial charge >= 0.3 is 0 Å². The van der Waals surface area contributed by atoms with Gasteiger partial charge in [-0.05, 0) is 29.3 Å². The molecule has 0 bridgehead atoms. The fraction of sp³-hybridized carbons (Fsp3) is 0.529. The van der Waals surface area contributed by atoms with E-state index < -0.39 is 0 Å². The molecule has 1 amide bonds. The third kappa shape index (κ3) is 3.19. The highest BCUT2D eigenvalue weighted by molar-refractivity contribution is 7.09. The molecule has 5 nitrogen and oxygen atoms in total. The lowest BCUT2D eigenvalue weighted by Crippen LogP contribution is -2.48. The molecule has 0 aromatic carbocycles. The Morgan fingerprint density at radius 1 is 1.35 bits per heavy atom. The van der Waals surface area contributed by atoms with Crippen LogP contribution in [0.1, 0.15) is 22.8 Å². The van der Waals surface area contributed by atoms with Gasteiger partial charge in [-0.15, -0.1) is 11.3 Å². The van der Waals surface area contributed by atoms with Gasteiger partial charge in [-0.2, -0.15) is 5.10 Å². The van der Waals surface area contributed by atoms with Crippen molar-refractivity contribution in [3.05, 3.63) is 40.3 Å². The number of rotatable bonds is 4. The SMILES string of the molecule is Cn1cc([C@@H]2C[C@H]2C(=O)N2CCN(Cc3cccs3)CC2)cn1. The van der Waals surface area contributed by atoms with E-state index in [0.717, 1.165) is 39.1 Å². The van der Waals surface area contributed by atoms with Crippen molar-refractivity contribution in [2.24, 2.45) is 13.0 Å². The van der Waals surface area contributed by atoms with Crippen LogP contribution in [0.4, 0.5) is 0 Å². The van der Waals surface area contributed by atoms with Crippen molar-refractivity contribution in [3.8, 4) is 0 Å². The van der Waals surface area contributed by atoms with Crippen LogP contribution in [0.3, 0.4) is 0 Å². The quantitative estimate of drug-likeness (QED) is 0.860. The van der Waals surface area contributed by atoms with Gasteiger partial charge < -0.3 is 4.90 Å². The summed E-state index contributed by atoms with van der Waals surface area (Å²) in [5, 5.41) is 6.34. The normalized spacial score (nSPS) is 24.8. The molecule has 1 aliphatic heterocycles. The second kappa shape index (κ2) is 6.09. The fourth-order valence-electron chi connectivity index (χ4n) is 3.45. The van der Waals surface area contributed by atoms with Crippen LogP contribution in [0.25, 0.3) is 0 Å². The molecular formula is C17H22N4OS. The maximum absolute atomic E-state index is 12.7. The molecule has 1 saturated heterocycles. The van der Waals surface area contributed by atoms with Crippen molar-refractivity contribution in [2.75, 3.05) is 26.2 Å². The summed E-state index contributed by atoms with van der Waals surface area (Å²) in [6, 6.07) is 4.29. The molecule has 0 N–H and O–H groups in total. The summed E-state index contributed by atoms with van der Waals surface area (Å²) in [5.74, 6) is 0.915. The summed E-state index contributed by atoms with van der Waals surface area (Å²) >= 11 is 1.81. The third-order valence-electron chi connectivity index (χ3n) is 4.90. The van der Waals surface area contributed by atoms with Gasteiger partial charge in [-0.1, -0.05) is 6.07 Å². The first-order valence-corrected chi connectivity index (χ1v) is 9.11. The van der Waals surface area contributed by atoms with Crippen molar-refractivity contribution in [1.82, 2.24) is 19.6 Å². The number of aromatic nitrogens is 2. The number of aryl methyl sites for hydroxylation is 1. The Balaban J connectivity index is 1.28. The fourth-order valence-corrected chi connectivity index (χ4v) is 4.20. The van der Waals surface area contributed by atoms with Gasteiger partial charge in [0.15, 0.2) is 0 Å². The third-order valence-corrected chi connectivity index (χ3v) is 5.77. The van der Waals surface area contributed by atoms with E-state index >= 15 is 0 Å². The highest BCUT2D eigenvalue weighted by Gasteiger charge is 2.46. The van der Waals surface area contributed by atoms with E-state index in [4.69, 9.17) is 0 Å². The largest absolute Gasteiger partial charge is 0.340 e. The van der Waals surface area contributed by atoms with Gasteiger partial charge in [0, 0.05) is 56.8 Å². The lowest BCUT2D eigenvalue weighted by molar-refractivity contribution is -0.134. The van der Waals surface area contributed by atoms with E-state index in [1.54, 1.807) is 0 Å².